The number of ether oxygens (including phenoxy) is 2. The average Bonchev–Trinajstić information content (AvgIpc) is 3.25. The van der Waals surface area contributed by atoms with E-state index in [0.29, 0.717) is 11.1 Å². The van der Waals surface area contributed by atoms with Crippen LogP contribution in [0.5, 0.6) is 11.5 Å². The van der Waals surface area contributed by atoms with Gasteiger partial charge in [-0.3, -0.25) is 0 Å². The molecule has 0 aliphatic heterocycles. The zero-order chi connectivity index (χ0) is 45.3. The summed E-state index contributed by atoms with van der Waals surface area (Å²) < 4.78 is 10.6. The van der Waals surface area contributed by atoms with E-state index in [1.165, 1.54) is 44.5 Å². The van der Waals surface area contributed by atoms with Gasteiger partial charge in [-0.1, -0.05) is 132 Å². The number of hydrogen-bond donors (Lipinski definition) is 0. The van der Waals surface area contributed by atoms with Crippen molar-refractivity contribution >= 4 is 11.5 Å². The maximum atomic E-state index is 12.9. The molecule has 0 aliphatic rings. The summed E-state index contributed by atoms with van der Waals surface area (Å²) in [5.41, 5.74) is 13.2. The minimum atomic E-state index is -0.107. The number of hydrogen-bond acceptors (Lipinski definition) is 6. The van der Waals surface area contributed by atoms with Gasteiger partial charge in [0.15, 0.2) is 0 Å². The molecule has 0 amide bonds. The Balaban J connectivity index is 0.000000282. The van der Waals surface area contributed by atoms with Gasteiger partial charge < -0.3 is 29.5 Å². The topological polar surface area (TPSA) is 71.1 Å². The Morgan fingerprint density at radius 1 is 0.476 bits per heavy atom. The van der Waals surface area contributed by atoms with E-state index in [0.717, 1.165) is 35.7 Å². The molecule has 0 aromatic heterocycles. The van der Waals surface area contributed by atoms with E-state index in [1.54, 1.807) is 14.2 Å². The van der Waals surface area contributed by atoms with Crippen LogP contribution in [0.2, 0.25) is 0 Å². The molecule has 0 radical (unpaired) electrons. The molecule has 6 rings (SSSR count). The predicted molar refractivity (Wildman–Crippen MR) is 257 cm³/mol. The summed E-state index contributed by atoms with van der Waals surface area (Å²) >= 11 is 0. The Morgan fingerprint density at radius 3 is 1.02 bits per heavy atom. The SMILES string of the molecule is CN(C)CCN(C)C.COc1ccc([C@H](/C=C(\[O-])c2ccccc2)c2c(C)cc(C)cc2C)cc1.COc1ccc([C@H](/C=C(\[O-])c2ccccc2)c2c(C)cc(C)cc2C)cc1.[Fe+4]. The Labute approximate surface area is 389 Å². The molecule has 0 saturated heterocycles. The van der Waals surface area contributed by atoms with Crippen LogP contribution in [0.25, 0.3) is 11.5 Å². The molecule has 0 spiro atoms. The molecule has 0 aliphatic carbocycles. The van der Waals surface area contributed by atoms with E-state index in [9.17, 15) is 10.2 Å². The molecule has 6 aromatic carbocycles. The number of methoxy groups -OCH3 is 2. The molecule has 0 heterocycles. The second-order valence-corrected chi connectivity index (χ2v) is 16.5. The molecule has 0 saturated carbocycles. The molecule has 0 unspecified atom stereocenters. The van der Waals surface area contributed by atoms with E-state index >= 15 is 0 Å². The zero-order valence-electron chi connectivity index (χ0n) is 39.3. The zero-order valence-corrected chi connectivity index (χ0v) is 40.4. The van der Waals surface area contributed by atoms with Crippen LogP contribution in [0.4, 0.5) is 0 Å². The monoisotopic (exact) mass is 886 g/mol. The maximum Gasteiger partial charge on any atom is 4.00 e. The molecule has 7 heteroatoms. The van der Waals surface area contributed by atoms with E-state index in [-0.39, 0.29) is 40.4 Å². The number of nitrogens with zero attached hydrogens (tertiary/aromatic N) is 2. The largest absolute Gasteiger partial charge is 4.00 e. The van der Waals surface area contributed by atoms with Crippen LogP contribution >= 0.6 is 0 Å². The van der Waals surface area contributed by atoms with Gasteiger partial charge in [0.25, 0.3) is 0 Å². The number of rotatable bonds is 13. The van der Waals surface area contributed by atoms with Crippen LogP contribution in [0.1, 0.15) is 78.6 Å². The quantitative estimate of drug-likeness (QED) is 0.0850. The second-order valence-electron chi connectivity index (χ2n) is 16.5. The summed E-state index contributed by atoms with van der Waals surface area (Å²) in [7, 11) is 11.7. The summed E-state index contributed by atoms with van der Waals surface area (Å²) in [5, 5.41) is 25.9. The Bertz CT molecular complexity index is 2140. The van der Waals surface area contributed by atoms with Crippen molar-refractivity contribution in [1.29, 1.82) is 0 Å². The van der Waals surface area contributed by atoms with Gasteiger partial charge in [0.05, 0.1) is 14.2 Å². The van der Waals surface area contributed by atoms with Gasteiger partial charge >= 0.3 is 17.1 Å². The summed E-state index contributed by atoms with van der Waals surface area (Å²) in [6, 6.07) is 43.5. The molecule has 0 N–H and O–H groups in total. The average molecular weight is 887 g/mol. The fourth-order valence-corrected chi connectivity index (χ4v) is 7.78. The predicted octanol–water partition coefficient (Wildman–Crippen LogP) is 10.4. The van der Waals surface area contributed by atoms with Crippen LogP contribution in [-0.2, 0) is 17.1 Å². The van der Waals surface area contributed by atoms with Crippen LogP contribution in [0, 0.1) is 41.5 Å². The molecule has 330 valence electrons. The van der Waals surface area contributed by atoms with Gasteiger partial charge in [-0.2, -0.15) is 0 Å². The first-order valence-electron chi connectivity index (χ1n) is 21.2. The third-order valence-electron chi connectivity index (χ3n) is 10.8. The smallest absolute Gasteiger partial charge is 0.872 e. The normalized spacial score (nSPS) is 12.3. The number of allylic oxidation sites excluding steroid dienone is 2. The van der Waals surface area contributed by atoms with Crippen molar-refractivity contribution in [3.63, 3.8) is 0 Å². The first-order valence-corrected chi connectivity index (χ1v) is 21.2. The molecular formula is C56H66FeN2O4+2. The van der Waals surface area contributed by atoms with E-state index in [1.807, 2.05) is 121 Å². The van der Waals surface area contributed by atoms with E-state index < -0.39 is 0 Å². The number of benzene rings is 6. The summed E-state index contributed by atoms with van der Waals surface area (Å²) in [6.45, 7) is 15.0. The molecular weight excluding hydrogens is 820 g/mol. The van der Waals surface area contributed by atoms with Crippen LogP contribution in [-0.4, -0.2) is 65.3 Å². The van der Waals surface area contributed by atoms with Crippen LogP contribution < -0.4 is 19.7 Å². The van der Waals surface area contributed by atoms with Crippen molar-refractivity contribution in [2.45, 2.75) is 53.4 Å². The van der Waals surface area contributed by atoms with E-state index in [4.69, 9.17) is 9.47 Å². The summed E-state index contributed by atoms with van der Waals surface area (Å²) in [4.78, 5) is 4.36. The fraction of sp³-hybridized carbons (Fsp3) is 0.286. The van der Waals surface area contributed by atoms with Gasteiger partial charge in [-0.05, 0) is 150 Å². The van der Waals surface area contributed by atoms with Crippen molar-refractivity contribution in [2.24, 2.45) is 0 Å². The fourth-order valence-electron chi connectivity index (χ4n) is 7.78. The minimum absolute atomic E-state index is 0. The first-order chi connectivity index (χ1) is 29.6. The summed E-state index contributed by atoms with van der Waals surface area (Å²) in [6.07, 6.45) is 3.67. The first kappa shape index (κ1) is 51.8. The van der Waals surface area contributed by atoms with Gasteiger partial charge in [0, 0.05) is 24.9 Å². The third-order valence-corrected chi connectivity index (χ3v) is 10.8. The van der Waals surface area contributed by atoms with Gasteiger partial charge in [0.1, 0.15) is 11.5 Å². The molecule has 6 aromatic rings. The van der Waals surface area contributed by atoms with Crippen molar-refractivity contribution in [3.8, 4) is 11.5 Å². The van der Waals surface area contributed by atoms with Crippen molar-refractivity contribution in [1.82, 2.24) is 9.80 Å². The third kappa shape index (κ3) is 15.6. The van der Waals surface area contributed by atoms with Crippen molar-refractivity contribution in [2.75, 3.05) is 55.5 Å². The van der Waals surface area contributed by atoms with Crippen LogP contribution in [0.3, 0.4) is 0 Å². The van der Waals surface area contributed by atoms with Crippen LogP contribution in [0.15, 0.2) is 146 Å². The van der Waals surface area contributed by atoms with Gasteiger partial charge in [0.2, 0.25) is 0 Å². The van der Waals surface area contributed by atoms with Crippen molar-refractivity contribution < 1.29 is 36.8 Å². The molecule has 0 bridgehead atoms. The van der Waals surface area contributed by atoms with Gasteiger partial charge in [-0.25, -0.2) is 0 Å². The number of likely N-dealkylation sites (N-methyl/N-ethyl adjacent to an activating group) is 2. The van der Waals surface area contributed by atoms with Crippen molar-refractivity contribution in [3.05, 3.63) is 212 Å². The Hall–Kier alpha value is -5.56. The second kappa shape index (κ2) is 25.5. The maximum absolute atomic E-state index is 12.9. The molecule has 2 atom stereocenters. The number of aryl methyl sites for hydroxylation is 6. The minimum Gasteiger partial charge on any atom is -0.872 e. The molecule has 63 heavy (non-hydrogen) atoms. The van der Waals surface area contributed by atoms with E-state index in [2.05, 4.69) is 104 Å². The van der Waals surface area contributed by atoms with Gasteiger partial charge in [-0.15, -0.1) is 11.5 Å². The Morgan fingerprint density at radius 2 is 0.762 bits per heavy atom. The molecule has 6 nitrogen and oxygen atoms in total. The Kier molecular flexibility index (Phi) is 21.0. The molecule has 0 fully saturated rings. The summed E-state index contributed by atoms with van der Waals surface area (Å²) in [5.74, 6) is 1.48. The standard InChI is InChI=1S/2C25H26O2.C6H16N2.Fe/c2*1-17-14-18(2)25(19(3)15-17)23(20-10-12-22(27-4)13-11-20)16-24(26)21-8-6-5-7-9-21;1-7(2)5-6-8(3)4;/h2*5-16,23,26H,1-4H3;5-6H2,1-4H3;/q;;;+4/p-2/b2*24-16-;;/t2*23-;;/m00../s1.